The largest absolute Gasteiger partial charge is 0.493 e. The second kappa shape index (κ2) is 5.70. The first-order valence-corrected chi connectivity index (χ1v) is 6.49. The summed E-state index contributed by atoms with van der Waals surface area (Å²) in [6.45, 7) is 1.79. The van der Waals surface area contributed by atoms with Crippen molar-refractivity contribution in [2.24, 2.45) is 0 Å². The highest BCUT2D eigenvalue weighted by Crippen LogP contribution is 2.32. The predicted molar refractivity (Wildman–Crippen MR) is 73.7 cm³/mol. The lowest BCUT2D eigenvalue weighted by atomic mass is 10.2. The van der Waals surface area contributed by atoms with Crippen molar-refractivity contribution in [3.05, 3.63) is 50.2 Å². The Balaban J connectivity index is 2.32. The predicted octanol–water partition coefficient (Wildman–Crippen LogP) is 3.19. The molecule has 7 heteroatoms. The summed E-state index contributed by atoms with van der Waals surface area (Å²) >= 11 is 1.25. The topological polar surface area (TPSA) is 78.7 Å². The Hall–Kier alpha value is -2.41. The zero-order chi connectivity index (χ0) is 14.7. The Morgan fingerprint density at radius 3 is 2.60 bits per heavy atom. The van der Waals surface area contributed by atoms with E-state index in [0.29, 0.717) is 4.88 Å². The number of aryl methyl sites for hydroxylation is 1. The summed E-state index contributed by atoms with van der Waals surface area (Å²) in [6, 6.07) is 5.64. The minimum atomic E-state index is -0.562. The fraction of sp³-hybridized carbons (Fsp3) is 0.154. The number of carbonyl (C=O) groups is 1. The average molecular weight is 293 g/mol. The molecule has 0 bridgehead atoms. The average Bonchev–Trinajstić information content (AvgIpc) is 2.84. The van der Waals surface area contributed by atoms with Crippen LogP contribution in [-0.2, 0) is 0 Å². The molecule has 0 saturated heterocycles. The van der Waals surface area contributed by atoms with Crippen LogP contribution in [0.1, 0.15) is 15.2 Å². The van der Waals surface area contributed by atoms with Crippen molar-refractivity contribution in [2.75, 3.05) is 7.11 Å². The highest BCUT2D eigenvalue weighted by atomic mass is 32.1. The van der Waals surface area contributed by atoms with Crippen molar-refractivity contribution in [2.45, 2.75) is 6.92 Å². The molecule has 0 atom stereocenters. The van der Waals surface area contributed by atoms with Crippen molar-refractivity contribution in [3.8, 4) is 11.5 Å². The lowest BCUT2D eigenvalue weighted by Gasteiger charge is -2.08. The molecule has 0 radical (unpaired) electrons. The van der Waals surface area contributed by atoms with Crippen molar-refractivity contribution in [1.29, 1.82) is 0 Å². The number of rotatable bonds is 4. The van der Waals surface area contributed by atoms with Crippen LogP contribution >= 0.6 is 11.3 Å². The van der Waals surface area contributed by atoms with Crippen LogP contribution < -0.4 is 9.47 Å². The van der Waals surface area contributed by atoms with Gasteiger partial charge in [0.25, 0.3) is 5.69 Å². The molecule has 0 aliphatic carbocycles. The van der Waals surface area contributed by atoms with E-state index >= 15 is 0 Å². The number of thiophene rings is 1. The highest BCUT2D eigenvalue weighted by Gasteiger charge is 2.18. The summed E-state index contributed by atoms with van der Waals surface area (Å²) in [5.41, 5.74) is 0.626. The van der Waals surface area contributed by atoms with Crippen LogP contribution in [0.25, 0.3) is 0 Å². The van der Waals surface area contributed by atoms with Crippen LogP contribution in [-0.4, -0.2) is 18.0 Å². The molecule has 1 aromatic heterocycles. The molecule has 6 nitrogen and oxygen atoms in total. The molecule has 0 aliphatic heterocycles. The quantitative estimate of drug-likeness (QED) is 0.374. The third-order valence-corrected chi connectivity index (χ3v) is 3.60. The summed E-state index contributed by atoms with van der Waals surface area (Å²) in [7, 11) is 1.40. The maximum absolute atomic E-state index is 12.0. The number of non-ortho nitro benzene ring substituents is 1. The molecule has 2 rings (SSSR count). The number of hydrogen-bond acceptors (Lipinski definition) is 6. The Morgan fingerprint density at radius 2 is 2.05 bits per heavy atom. The number of hydrogen-bond donors (Lipinski definition) is 0. The van der Waals surface area contributed by atoms with Crippen LogP contribution in [0, 0.1) is 17.0 Å². The highest BCUT2D eigenvalue weighted by molar-refractivity contribution is 7.12. The van der Waals surface area contributed by atoms with E-state index in [1.165, 1.54) is 36.6 Å². The van der Waals surface area contributed by atoms with Gasteiger partial charge in [0.1, 0.15) is 4.88 Å². The van der Waals surface area contributed by atoms with Gasteiger partial charge in [-0.05, 0) is 30.0 Å². The van der Waals surface area contributed by atoms with Crippen LogP contribution in [0.4, 0.5) is 5.69 Å². The standard InChI is InChI=1S/C13H11NO5S/c1-8-5-6-20-12(8)13(15)19-11-7-9(14(16)17)3-4-10(11)18-2/h3-7H,1-2H3. The van der Waals surface area contributed by atoms with Gasteiger partial charge in [0.15, 0.2) is 11.5 Å². The molecule has 1 aromatic carbocycles. The molecular formula is C13H11NO5S. The third kappa shape index (κ3) is 2.77. The van der Waals surface area contributed by atoms with E-state index in [9.17, 15) is 14.9 Å². The molecule has 0 unspecified atom stereocenters. The maximum atomic E-state index is 12.0. The van der Waals surface area contributed by atoms with Crippen molar-refractivity contribution in [3.63, 3.8) is 0 Å². The summed E-state index contributed by atoms with van der Waals surface area (Å²) in [6.07, 6.45) is 0. The molecule has 0 saturated carbocycles. The van der Waals surface area contributed by atoms with Gasteiger partial charge in [-0.1, -0.05) is 0 Å². The Labute approximate surface area is 118 Å². The number of carbonyl (C=O) groups excluding carboxylic acids is 1. The number of nitrogens with zero attached hydrogens (tertiary/aromatic N) is 1. The van der Waals surface area contributed by atoms with E-state index in [0.717, 1.165) is 5.56 Å². The van der Waals surface area contributed by atoms with Gasteiger partial charge in [-0.3, -0.25) is 10.1 Å². The Bertz CT molecular complexity index is 665. The molecule has 0 fully saturated rings. The van der Waals surface area contributed by atoms with E-state index in [2.05, 4.69) is 0 Å². The van der Waals surface area contributed by atoms with Crippen LogP contribution in [0.15, 0.2) is 29.6 Å². The van der Waals surface area contributed by atoms with E-state index in [1.54, 1.807) is 18.4 Å². The normalized spacial score (nSPS) is 10.1. The van der Waals surface area contributed by atoms with E-state index in [1.807, 2.05) is 0 Å². The van der Waals surface area contributed by atoms with Gasteiger partial charge in [0.05, 0.1) is 18.1 Å². The van der Waals surface area contributed by atoms with Crippen molar-refractivity contribution in [1.82, 2.24) is 0 Å². The summed E-state index contributed by atoms with van der Waals surface area (Å²) in [5.74, 6) is -0.269. The lowest BCUT2D eigenvalue weighted by molar-refractivity contribution is -0.384. The minimum absolute atomic E-state index is 0.0273. The molecule has 2 aromatic rings. The van der Waals surface area contributed by atoms with E-state index in [4.69, 9.17) is 9.47 Å². The summed E-state index contributed by atoms with van der Waals surface area (Å²) in [4.78, 5) is 22.7. The molecule has 20 heavy (non-hydrogen) atoms. The smallest absolute Gasteiger partial charge is 0.354 e. The molecule has 0 amide bonds. The monoisotopic (exact) mass is 293 g/mol. The molecule has 0 spiro atoms. The third-order valence-electron chi connectivity index (χ3n) is 2.61. The first kappa shape index (κ1) is 14.0. The summed E-state index contributed by atoms with van der Waals surface area (Å²) < 4.78 is 10.2. The zero-order valence-corrected chi connectivity index (χ0v) is 11.6. The molecule has 0 N–H and O–H groups in total. The van der Waals surface area contributed by atoms with E-state index < -0.39 is 10.9 Å². The van der Waals surface area contributed by atoms with Crippen LogP contribution in [0.5, 0.6) is 11.5 Å². The Kier molecular flexibility index (Phi) is 3.99. The van der Waals surface area contributed by atoms with Gasteiger partial charge < -0.3 is 9.47 Å². The van der Waals surface area contributed by atoms with Crippen molar-refractivity contribution < 1.29 is 19.2 Å². The van der Waals surface area contributed by atoms with Gasteiger partial charge in [0, 0.05) is 6.07 Å². The molecular weight excluding hydrogens is 282 g/mol. The summed E-state index contributed by atoms with van der Waals surface area (Å²) in [5, 5.41) is 12.5. The fourth-order valence-electron chi connectivity index (χ4n) is 1.59. The SMILES string of the molecule is COc1ccc([N+](=O)[O-])cc1OC(=O)c1sccc1C. The second-order valence-electron chi connectivity index (χ2n) is 3.91. The van der Waals surface area contributed by atoms with Crippen LogP contribution in [0.2, 0.25) is 0 Å². The fourth-order valence-corrected chi connectivity index (χ4v) is 2.39. The first-order chi connectivity index (χ1) is 9.52. The van der Waals surface area contributed by atoms with Crippen LogP contribution in [0.3, 0.4) is 0 Å². The van der Waals surface area contributed by atoms with Crippen molar-refractivity contribution >= 4 is 23.0 Å². The molecule has 0 aliphatic rings. The van der Waals surface area contributed by atoms with Gasteiger partial charge in [0.2, 0.25) is 0 Å². The zero-order valence-electron chi connectivity index (χ0n) is 10.8. The van der Waals surface area contributed by atoms with E-state index in [-0.39, 0.29) is 17.2 Å². The van der Waals surface area contributed by atoms with Gasteiger partial charge in [-0.15, -0.1) is 11.3 Å². The second-order valence-corrected chi connectivity index (χ2v) is 4.83. The maximum Gasteiger partial charge on any atom is 0.354 e. The van der Waals surface area contributed by atoms with Gasteiger partial charge in [-0.2, -0.15) is 0 Å². The number of esters is 1. The lowest BCUT2D eigenvalue weighted by Crippen LogP contribution is -2.09. The number of nitro groups is 1. The minimum Gasteiger partial charge on any atom is -0.493 e. The molecule has 1 heterocycles. The Morgan fingerprint density at radius 1 is 1.30 bits per heavy atom. The number of nitro benzene ring substituents is 1. The number of methoxy groups -OCH3 is 1. The molecule has 104 valence electrons. The van der Waals surface area contributed by atoms with Gasteiger partial charge in [-0.25, -0.2) is 4.79 Å². The first-order valence-electron chi connectivity index (χ1n) is 5.61. The number of ether oxygens (including phenoxy) is 2. The van der Waals surface area contributed by atoms with Gasteiger partial charge >= 0.3 is 5.97 Å². The number of benzene rings is 1.